The molecule has 2 rings (SSSR count). The van der Waals surface area contributed by atoms with Gasteiger partial charge >= 0.3 is 5.97 Å². The van der Waals surface area contributed by atoms with E-state index < -0.39 is 11.9 Å². The van der Waals surface area contributed by atoms with Gasteiger partial charge in [-0.05, 0) is 25.3 Å². The number of hydrogen-bond donors (Lipinski definition) is 2. The zero-order valence-corrected chi connectivity index (χ0v) is 8.51. The average Bonchev–Trinajstić information content (AvgIpc) is 2.23. The number of carboxylic acid groups (broad SMARTS) is 1. The minimum absolute atomic E-state index is 0.0909. The van der Waals surface area contributed by atoms with Crippen molar-refractivity contribution >= 4 is 11.9 Å². The van der Waals surface area contributed by atoms with E-state index in [0.717, 1.165) is 19.3 Å². The van der Waals surface area contributed by atoms with Crippen molar-refractivity contribution in [3.05, 3.63) is 23.8 Å². The van der Waals surface area contributed by atoms with Crippen LogP contribution in [-0.4, -0.2) is 33.0 Å². The Labute approximate surface area is 91.7 Å². The van der Waals surface area contributed by atoms with E-state index in [-0.39, 0.29) is 17.6 Å². The summed E-state index contributed by atoms with van der Waals surface area (Å²) in [7, 11) is 0. The molecule has 0 atom stereocenters. The van der Waals surface area contributed by atoms with Crippen LogP contribution in [0.3, 0.4) is 0 Å². The summed E-state index contributed by atoms with van der Waals surface area (Å²) in [5, 5.41) is 11.5. The zero-order chi connectivity index (χ0) is 11.5. The number of rotatable bonds is 3. The summed E-state index contributed by atoms with van der Waals surface area (Å²) in [6.45, 7) is 0. The summed E-state index contributed by atoms with van der Waals surface area (Å²) in [5.74, 6) is -1.67. The molecule has 1 aromatic heterocycles. The van der Waals surface area contributed by atoms with Crippen LogP contribution in [0.15, 0.2) is 12.3 Å². The molecule has 1 saturated carbocycles. The second-order valence-corrected chi connectivity index (χ2v) is 3.67. The molecule has 1 aromatic rings. The Hall–Kier alpha value is -1.98. The second kappa shape index (κ2) is 4.26. The van der Waals surface area contributed by atoms with Gasteiger partial charge in [0.1, 0.15) is 0 Å². The van der Waals surface area contributed by atoms with Crippen molar-refractivity contribution < 1.29 is 14.7 Å². The summed E-state index contributed by atoms with van der Waals surface area (Å²) in [5.41, 5.74) is -0.172. The molecule has 0 spiro atoms. The smallest absolute Gasteiger partial charge is 0.354 e. The molecule has 0 saturated heterocycles. The maximum Gasteiger partial charge on any atom is 0.354 e. The van der Waals surface area contributed by atoms with Gasteiger partial charge in [-0.3, -0.25) is 4.79 Å². The molecule has 1 heterocycles. The Balaban J connectivity index is 2.09. The van der Waals surface area contributed by atoms with E-state index in [0.29, 0.717) is 0 Å². The predicted molar refractivity (Wildman–Crippen MR) is 54.1 cm³/mol. The quantitative estimate of drug-likeness (QED) is 0.773. The van der Waals surface area contributed by atoms with Crippen LogP contribution in [0.4, 0.5) is 0 Å². The number of carbonyl (C=O) groups excluding carboxylic acids is 1. The van der Waals surface area contributed by atoms with Gasteiger partial charge in [0.15, 0.2) is 5.69 Å². The van der Waals surface area contributed by atoms with Crippen molar-refractivity contribution in [3.8, 4) is 0 Å². The van der Waals surface area contributed by atoms with Crippen LogP contribution in [0, 0.1) is 0 Å². The Morgan fingerprint density at radius 2 is 2.19 bits per heavy atom. The fourth-order valence-corrected chi connectivity index (χ4v) is 1.39. The van der Waals surface area contributed by atoms with E-state index in [9.17, 15) is 9.59 Å². The lowest BCUT2D eigenvalue weighted by atomic mass is 9.93. The maximum absolute atomic E-state index is 11.6. The third kappa shape index (κ3) is 2.16. The van der Waals surface area contributed by atoms with E-state index in [2.05, 4.69) is 15.3 Å². The molecule has 1 fully saturated rings. The topological polar surface area (TPSA) is 92.2 Å². The van der Waals surface area contributed by atoms with Crippen molar-refractivity contribution in [2.24, 2.45) is 0 Å². The highest BCUT2D eigenvalue weighted by Gasteiger charge is 2.21. The average molecular weight is 221 g/mol. The molecular formula is C10H11N3O3. The fourth-order valence-electron chi connectivity index (χ4n) is 1.39. The molecule has 1 aliphatic rings. The van der Waals surface area contributed by atoms with E-state index >= 15 is 0 Å². The van der Waals surface area contributed by atoms with Crippen LogP contribution in [0.25, 0.3) is 0 Å². The summed E-state index contributed by atoms with van der Waals surface area (Å²) < 4.78 is 0. The summed E-state index contributed by atoms with van der Waals surface area (Å²) in [4.78, 5) is 29.6. The third-order valence-electron chi connectivity index (χ3n) is 2.52. The Morgan fingerprint density at radius 1 is 1.44 bits per heavy atom. The molecule has 1 aliphatic carbocycles. The van der Waals surface area contributed by atoms with Gasteiger partial charge in [-0.15, -0.1) is 0 Å². The van der Waals surface area contributed by atoms with Crippen molar-refractivity contribution in [3.63, 3.8) is 0 Å². The standard InChI is InChI=1S/C10H11N3O3/c14-9(12-6-2-1-3-6)8-11-5-4-7(13-8)10(15)16/h4-6H,1-3H2,(H,12,14)(H,15,16). The summed E-state index contributed by atoms with van der Waals surface area (Å²) in [6.07, 6.45) is 4.31. The first-order valence-corrected chi connectivity index (χ1v) is 5.04. The first-order valence-electron chi connectivity index (χ1n) is 5.04. The van der Waals surface area contributed by atoms with Crippen LogP contribution in [-0.2, 0) is 0 Å². The summed E-state index contributed by atoms with van der Waals surface area (Å²) in [6, 6.07) is 1.44. The number of carboxylic acids is 1. The van der Waals surface area contributed by atoms with Crippen molar-refractivity contribution in [1.29, 1.82) is 0 Å². The van der Waals surface area contributed by atoms with Crippen molar-refractivity contribution in [2.45, 2.75) is 25.3 Å². The molecule has 6 nitrogen and oxygen atoms in total. The molecule has 16 heavy (non-hydrogen) atoms. The number of nitrogens with zero attached hydrogens (tertiary/aromatic N) is 2. The van der Waals surface area contributed by atoms with Crippen LogP contribution in [0.5, 0.6) is 0 Å². The molecule has 1 amide bonds. The van der Waals surface area contributed by atoms with E-state index in [4.69, 9.17) is 5.11 Å². The van der Waals surface area contributed by atoms with E-state index in [1.54, 1.807) is 0 Å². The number of nitrogens with one attached hydrogen (secondary N) is 1. The first-order chi connectivity index (χ1) is 7.66. The summed E-state index contributed by atoms with van der Waals surface area (Å²) >= 11 is 0. The number of aromatic carboxylic acids is 1. The molecule has 84 valence electrons. The molecule has 6 heteroatoms. The number of hydrogen-bond acceptors (Lipinski definition) is 4. The molecule has 0 bridgehead atoms. The number of amides is 1. The molecule has 2 N–H and O–H groups in total. The van der Waals surface area contributed by atoms with Crippen molar-refractivity contribution in [1.82, 2.24) is 15.3 Å². The third-order valence-corrected chi connectivity index (χ3v) is 2.52. The van der Waals surface area contributed by atoms with Gasteiger partial charge in [0.25, 0.3) is 5.91 Å². The molecule has 0 aromatic carbocycles. The Kier molecular flexibility index (Phi) is 2.80. The second-order valence-electron chi connectivity index (χ2n) is 3.67. The van der Waals surface area contributed by atoms with Crippen LogP contribution < -0.4 is 5.32 Å². The van der Waals surface area contributed by atoms with Crippen LogP contribution >= 0.6 is 0 Å². The van der Waals surface area contributed by atoms with Gasteiger partial charge in [0.2, 0.25) is 5.82 Å². The zero-order valence-electron chi connectivity index (χ0n) is 8.51. The van der Waals surface area contributed by atoms with Crippen LogP contribution in [0.1, 0.15) is 40.4 Å². The highest BCUT2D eigenvalue weighted by molar-refractivity contribution is 5.92. The molecule has 0 aliphatic heterocycles. The van der Waals surface area contributed by atoms with E-state index in [1.807, 2.05) is 0 Å². The lowest BCUT2D eigenvalue weighted by Gasteiger charge is -2.25. The molecular weight excluding hydrogens is 210 g/mol. The Bertz CT molecular complexity index is 429. The highest BCUT2D eigenvalue weighted by atomic mass is 16.4. The number of aromatic nitrogens is 2. The largest absolute Gasteiger partial charge is 0.477 e. The molecule has 0 unspecified atom stereocenters. The Morgan fingerprint density at radius 3 is 2.75 bits per heavy atom. The minimum atomic E-state index is -1.17. The first kappa shape index (κ1) is 10.5. The maximum atomic E-state index is 11.6. The monoisotopic (exact) mass is 221 g/mol. The van der Waals surface area contributed by atoms with Gasteiger partial charge in [-0.25, -0.2) is 14.8 Å². The van der Waals surface area contributed by atoms with Gasteiger partial charge < -0.3 is 10.4 Å². The fraction of sp³-hybridized carbons (Fsp3) is 0.400. The SMILES string of the molecule is O=C(O)c1ccnc(C(=O)NC2CCC2)n1. The normalized spacial score (nSPS) is 15.2. The van der Waals surface area contributed by atoms with Crippen molar-refractivity contribution in [2.75, 3.05) is 0 Å². The van der Waals surface area contributed by atoms with Gasteiger partial charge in [0.05, 0.1) is 0 Å². The lowest BCUT2D eigenvalue weighted by Crippen LogP contribution is -2.40. The predicted octanol–water partition coefficient (Wildman–Crippen LogP) is 0.457. The van der Waals surface area contributed by atoms with Gasteiger partial charge in [0, 0.05) is 12.2 Å². The lowest BCUT2D eigenvalue weighted by molar-refractivity contribution is 0.0690. The van der Waals surface area contributed by atoms with E-state index in [1.165, 1.54) is 12.3 Å². The highest BCUT2D eigenvalue weighted by Crippen LogP contribution is 2.18. The van der Waals surface area contributed by atoms with Gasteiger partial charge in [-0.1, -0.05) is 0 Å². The van der Waals surface area contributed by atoms with Gasteiger partial charge in [-0.2, -0.15) is 0 Å². The van der Waals surface area contributed by atoms with Crippen LogP contribution in [0.2, 0.25) is 0 Å². The number of carbonyl (C=O) groups is 2. The minimum Gasteiger partial charge on any atom is -0.477 e. The molecule has 0 radical (unpaired) electrons.